The number of methoxy groups -OCH3 is 3. The van der Waals surface area contributed by atoms with E-state index in [1.807, 2.05) is 67.2 Å². The molecule has 0 bridgehead atoms. The fraction of sp³-hybridized carbons (Fsp3) is 0.262. The fourth-order valence-electron chi connectivity index (χ4n) is 7.15. The summed E-state index contributed by atoms with van der Waals surface area (Å²) in [5, 5.41) is 0. The molecule has 53 heavy (non-hydrogen) atoms. The van der Waals surface area contributed by atoms with Gasteiger partial charge in [0, 0.05) is 67.6 Å². The van der Waals surface area contributed by atoms with Crippen LogP contribution in [0.5, 0.6) is 28.7 Å². The average Bonchev–Trinajstić information content (AvgIpc) is 3.73. The number of hydrogen-bond acceptors (Lipinski definition) is 10. The highest BCUT2D eigenvalue weighted by atomic mass is 16.5. The molecule has 1 unspecified atom stereocenters. The molecule has 270 valence electrons. The van der Waals surface area contributed by atoms with Crippen molar-refractivity contribution < 1.29 is 28.5 Å². The first-order valence-corrected chi connectivity index (χ1v) is 17.7. The summed E-state index contributed by atoms with van der Waals surface area (Å²) in [5.74, 6) is 2.91. The molecular formula is C42H41N5O6. The van der Waals surface area contributed by atoms with Gasteiger partial charge in [-0.25, -0.2) is 0 Å². The van der Waals surface area contributed by atoms with E-state index in [9.17, 15) is 4.79 Å². The number of ether oxygens (including phenoxy) is 5. The highest BCUT2D eigenvalue weighted by Gasteiger charge is 2.34. The molecule has 0 saturated carbocycles. The van der Waals surface area contributed by atoms with Crippen molar-refractivity contribution in [1.82, 2.24) is 9.80 Å². The normalized spacial score (nSPS) is 18.2. The van der Waals surface area contributed by atoms with Crippen LogP contribution < -0.4 is 29.4 Å². The lowest BCUT2D eigenvalue weighted by Gasteiger charge is -2.21. The summed E-state index contributed by atoms with van der Waals surface area (Å²) in [7, 11) is 4.85. The van der Waals surface area contributed by atoms with Crippen molar-refractivity contribution in [3.8, 4) is 28.7 Å². The van der Waals surface area contributed by atoms with Crippen molar-refractivity contribution in [3.63, 3.8) is 0 Å². The number of hydrogen-bond donors (Lipinski definition) is 1. The molecule has 4 aromatic carbocycles. The van der Waals surface area contributed by atoms with Gasteiger partial charge >= 0.3 is 0 Å². The van der Waals surface area contributed by atoms with Gasteiger partial charge in [0.15, 0.2) is 23.0 Å². The van der Waals surface area contributed by atoms with Crippen LogP contribution in [0.3, 0.4) is 0 Å². The topological polar surface area (TPSA) is 120 Å². The molecule has 4 aliphatic rings. The number of nitrogens with two attached hydrogens (primary N) is 1. The molecule has 11 nitrogen and oxygen atoms in total. The second-order valence-electron chi connectivity index (χ2n) is 13.3. The summed E-state index contributed by atoms with van der Waals surface area (Å²) >= 11 is 0. The predicted octanol–water partition coefficient (Wildman–Crippen LogP) is 7.45. The van der Waals surface area contributed by atoms with E-state index >= 15 is 0 Å². The Labute approximate surface area is 308 Å². The van der Waals surface area contributed by atoms with Crippen molar-refractivity contribution in [3.05, 3.63) is 107 Å². The molecule has 2 N–H and O–H groups in total. The monoisotopic (exact) mass is 711 g/mol. The van der Waals surface area contributed by atoms with Crippen LogP contribution in [0, 0.1) is 0 Å². The zero-order valence-corrected chi connectivity index (χ0v) is 30.0. The van der Waals surface area contributed by atoms with E-state index in [0.29, 0.717) is 66.8 Å². The quantitative estimate of drug-likeness (QED) is 0.126. The molecule has 0 radical (unpaired) electrons. The molecule has 1 amide bonds. The van der Waals surface area contributed by atoms with Crippen molar-refractivity contribution in [2.75, 3.05) is 40.3 Å². The molecular weight excluding hydrogens is 670 g/mol. The molecule has 4 heterocycles. The zero-order valence-electron chi connectivity index (χ0n) is 30.0. The molecule has 0 fully saturated rings. The molecule has 4 aliphatic heterocycles. The Morgan fingerprint density at radius 3 is 2.00 bits per heavy atom. The van der Waals surface area contributed by atoms with Crippen LogP contribution in [0.15, 0.2) is 95.2 Å². The van der Waals surface area contributed by atoms with Gasteiger partial charge in [-0.15, -0.1) is 0 Å². The van der Waals surface area contributed by atoms with Crippen molar-refractivity contribution >= 4 is 46.5 Å². The number of nitrogen functional groups attached to an aromatic ring is 1. The molecule has 0 spiro atoms. The number of carbonyl (C=O) groups is 1. The van der Waals surface area contributed by atoms with Gasteiger partial charge in [-0.1, -0.05) is 24.3 Å². The van der Waals surface area contributed by atoms with Gasteiger partial charge < -0.3 is 39.2 Å². The van der Waals surface area contributed by atoms with Gasteiger partial charge in [-0.05, 0) is 65.1 Å². The van der Waals surface area contributed by atoms with Crippen molar-refractivity contribution in [2.24, 2.45) is 9.98 Å². The third-order valence-electron chi connectivity index (χ3n) is 10.0. The summed E-state index contributed by atoms with van der Waals surface area (Å²) < 4.78 is 29.0. The largest absolute Gasteiger partial charge is 0.497 e. The lowest BCUT2D eigenvalue weighted by molar-refractivity contribution is 0.0817. The maximum Gasteiger partial charge on any atom is 0.260 e. The Morgan fingerprint density at radius 2 is 1.30 bits per heavy atom. The summed E-state index contributed by atoms with van der Waals surface area (Å²) in [6.07, 6.45) is 10.1. The Balaban J connectivity index is 0.896. The number of benzene rings is 4. The van der Waals surface area contributed by atoms with E-state index in [-0.39, 0.29) is 18.0 Å². The van der Waals surface area contributed by atoms with Crippen LogP contribution in [-0.2, 0) is 6.54 Å². The van der Waals surface area contributed by atoms with E-state index in [0.717, 1.165) is 40.2 Å². The number of aliphatic imine (C=N–C) groups is 2. The van der Waals surface area contributed by atoms with E-state index < -0.39 is 0 Å². The molecule has 2 atom stereocenters. The van der Waals surface area contributed by atoms with Crippen LogP contribution in [0.1, 0.15) is 46.3 Å². The maximum absolute atomic E-state index is 13.7. The van der Waals surface area contributed by atoms with E-state index in [1.165, 1.54) is 11.1 Å². The second-order valence-corrected chi connectivity index (χ2v) is 13.3. The van der Waals surface area contributed by atoms with E-state index in [4.69, 9.17) is 39.4 Å². The number of fused-ring (bicyclic) bond motifs is 4. The average molecular weight is 712 g/mol. The highest BCUT2D eigenvalue weighted by Crippen LogP contribution is 2.42. The molecule has 0 saturated heterocycles. The number of nitrogens with zero attached hydrogens (tertiary/aromatic N) is 4. The Morgan fingerprint density at radius 1 is 0.698 bits per heavy atom. The van der Waals surface area contributed by atoms with Crippen LogP contribution in [0.4, 0.5) is 17.1 Å². The van der Waals surface area contributed by atoms with E-state index in [1.54, 1.807) is 38.4 Å². The third-order valence-corrected chi connectivity index (χ3v) is 10.0. The molecule has 0 aromatic heterocycles. The SMILES string of the molecule is COc1ccc(C2=CN3C(=O)c4cc(OC)c(OCCCOc5cc6c(cc5OC)CN5C=C(c7ccc(N)cc7)CC5C=N6)cc4N=C[C@@H]3C2)cc1. The standard InChI is InChI=1S/C42H41N5O6/c1-49-34-11-7-27(8-12-34)29-16-33-22-45-37-20-41(39(51-3)18-35(37)42(48)47(33)25-29)53-14-4-13-52-40-19-36-30(17-38(40)50-2)24-46-23-28(15-32(46)21-44-36)26-5-9-31(43)10-6-26/h5-12,17-23,25,32-33H,4,13-16,24,43H2,1-3H3/t32?,33-/m0/s1. The molecule has 0 aliphatic carbocycles. The number of rotatable bonds is 11. The molecule has 11 heteroatoms. The minimum absolute atomic E-state index is 0.136. The van der Waals surface area contributed by atoms with Crippen molar-refractivity contribution in [1.29, 1.82) is 0 Å². The highest BCUT2D eigenvalue weighted by molar-refractivity contribution is 6.05. The van der Waals surface area contributed by atoms with Gasteiger partial charge in [0.1, 0.15) is 5.75 Å². The van der Waals surface area contributed by atoms with Crippen LogP contribution in [0.2, 0.25) is 0 Å². The Kier molecular flexibility index (Phi) is 9.22. The fourth-order valence-corrected chi connectivity index (χ4v) is 7.15. The lowest BCUT2D eigenvalue weighted by atomic mass is 10.0. The van der Waals surface area contributed by atoms with Gasteiger partial charge in [0.25, 0.3) is 5.91 Å². The smallest absolute Gasteiger partial charge is 0.260 e. The van der Waals surface area contributed by atoms with Gasteiger partial charge in [0.2, 0.25) is 0 Å². The van der Waals surface area contributed by atoms with Crippen molar-refractivity contribution in [2.45, 2.75) is 37.9 Å². The first-order valence-electron chi connectivity index (χ1n) is 17.7. The van der Waals surface area contributed by atoms with Crippen LogP contribution in [-0.4, -0.2) is 74.8 Å². The number of amides is 1. The van der Waals surface area contributed by atoms with E-state index in [2.05, 4.69) is 23.2 Å². The number of anilines is 1. The second kappa shape index (κ2) is 14.4. The summed E-state index contributed by atoms with van der Waals surface area (Å²) in [5.41, 5.74) is 14.1. The zero-order chi connectivity index (χ0) is 36.5. The lowest BCUT2D eigenvalue weighted by Crippen LogP contribution is -2.32. The summed E-state index contributed by atoms with van der Waals surface area (Å²) in [6, 6.07) is 23.3. The summed E-state index contributed by atoms with van der Waals surface area (Å²) in [6.45, 7) is 1.46. The first kappa shape index (κ1) is 33.9. The Bertz CT molecular complexity index is 2160. The minimum atomic E-state index is -0.183. The molecule has 4 aromatic rings. The van der Waals surface area contributed by atoms with Crippen LogP contribution >= 0.6 is 0 Å². The first-order chi connectivity index (χ1) is 25.9. The Hall–Kier alpha value is -6.23. The summed E-state index contributed by atoms with van der Waals surface area (Å²) in [4.78, 5) is 27.4. The van der Waals surface area contributed by atoms with Gasteiger partial charge in [0.05, 0.1) is 63.6 Å². The number of carbonyl (C=O) groups excluding carboxylic acids is 1. The van der Waals surface area contributed by atoms with Gasteiger partial charge in [-0.2, -0.15) is 0 Å². The van der Waals surface area contributed by atoms with Gasteiger partial charge in [-0.3, -0.25) is 14.8 Å². The van der Waals surface area contributed by atoms with Crippen LogP contribution in [0.25, 0.3) is 11.1 Å². The molecule has 8 rings (SSSR count). The minimum Gasteiger partial charge on any atom is -0.497 e. The third kappa shape index (κ3) is 6.77. The predicted molar refractivity (Wildman–Crippen MR) is 206 cm³/mol. The maximum atomic E-state index is 13.7.